The molecule has 1 amide bonds. The second-order valence-corrected chi connectivity index (χ2v) is 6.27. The normalized spacial score (nSPS) is 24.3. The Labute approximate surface area is 119 Å². The van der Waals surface area contributed by atoms with Crippen molar-refractivity contribution in [2.24, 2.45) is 5.41 Å². The maximum Gasteiger partial charge on any atom is 0.226 e. The van der Waals surface area contributed by atoms with E-state index in [2.05, 4.69) is 5.32 Å². The number of para-hydroxylation sites is 1. The molecule has 108 valence electrons. The van der Waals surface area contributed by atoms with E-state index in [1.165, 1.54) is 6.07 Å². The quantitative estimate of drug-likeness (QED) is 0.920. The van der Waals surface area contributed by atoms with Crippen molar-refractivity contribution in [3.63, 3.8) is 0 Å². The van der Waals surface area contributed by atoms with Crippen LogP contribution in [0.4, 0.5) is 10.1 Å². The molecular weight excluding hydrogens is 255 g/mol. The van der Waals surface area contributed by atoms with E-state index in [0.717, 1.165) is 32.2 Å². The van der Waals surface area contributed by atoms with Crippen molar-refractivity contribution >= 4 is 11.6 Å². The van der Waals surface area contributed by atoms with Crippen LogP contribution in [0.5, 0.6) is 0 Å². The molecule has 1 aliphatic heterocycles. The fourth-order valence-corrected chi connectivity index (χ4v) is 2.80. The Morgan fingerprint density at radius 2 is 2.15 bits per heavy atom. The molecule has 0 bridgehead atoms. The van der Waals surface area contributed by atoms with Gasteiger partial charge in [-0.25, -0.2) is 4.39 Å². The summed E-state index contributed by atoms with van der Waals surface area (Å²) in [6.45, 7) is 3.56. The van der Waals surface area contributed by atoms with Gasteiger partial charge in [-0.15, -0.1) is 0 Å². The Bertz CT molecular complexity index is 513. The molecule has 1 aromatic rings. The zero-order valence-electron chi connectivity index (χ0n) is 11.9. The van der Waals surface area contributed by atoms with Crippen LogP contribution in [0.1, 0.15) is 32.6 Å². The second-order valence-electron chi connectivity index (χ2n) is 6.27. The Kier molecular flexibility index (Phi) is 3.40. The van der Waals surface area contributed by atoms with Gasteiger partial charge in [0.25, 0.3) is 0 Å². The molecule has 1 atom stereocenters. The maximum absolute atomic E-state index is 13.8. The lowest BCUT2D eigenvalue weighted by molar-refractivity contribution is -0.126. The van der Waals surface area contributed by atoms with Crippen molar-refractivity contribution in [2.45, 2.75) is 38.6 Å². The van der Waals surface area contributed by atoms with Crippen LogP contribution in [0, 0.1) is 11.2 Å². The number of carbonyl (C=O) groups is 1. The summed E-state index contributed by atoms with van der Waals surface area (Å²) in [7, 11) is 0. The first-order valence-corrected chi connectivity index (χ1v) is 7.39. The van der Waals surface area contributed by atoms with E-state index < -0.39 is 0 Å². The number of nitrogens with one attached hydrogen (secondary N) is 1. The Balaban J connectivity index is 1.65. The highest BCUT2D eigenvalue weighted by molar-refractivity contribution is 5.85. The molecule has 3 rings (SSSR count). The number of carbonyl (C=O) groups excluding carboxylic acids is 1. The highest BCUT2D eigenvalue weighted by Crippen LogP contribution is 2.45. The van der Waals surface area contributed by atoms with E-state index in [0.29, 0.717) is 12.2 Å². The summed E-state index contributed by atoms with van der Waals surface area (Å²) in [5, 5.41) is 3.14. The van der Waals surface area contributed by atoms with Crippen molar-refractivity contribution in [1.29, 1.82) is 0 Å². The third-order valence-electron chi connectivity index (χ3n) is 4.50. The number of hydrogen-bond donors (Lipinski definition) is 1. The Morgan fingerprint density at radius 3 is 2.85 bits per heavy atom. The summed E-state index contributed by atoms with van der Waals surface area (Å²) in [5.74, 6) is -0.0217. The number of nitrogens with zero attached hydrogens (tertiary/aromatic N) is 1. The fraction of sp³-hybridized carbons (Fsp3) is 0.562. The van der Waals surface area contributed by atoms with E-state index in [1.807, 2.05) is 24.0 Å². The predicted octanol–water partition coefficient (Wildman–Crippen LogP) is 2.71. The largest absolute Gasteiger partial charge is 0.367 e. The van der Waals surface area contributed by atoms with E-state index in [-0.39, 0.29) is 23.2 Å². The van der Waals surface area contributed by atoms with Gasteiger partial charge in [0.2, 0.25) is 5.91 Å². The standard InChI is InChI=1S/C16H21FN2O/c1-16(8-9-16)15(20)18-12-5-4-10-19(11-12)14-7-3-2-6-13(14)17/h2-3,6-7,12H,4-5,8-11H2,1H3,(H,18,20). The van der Waals surface area contributed by atoms with Gasteiger partial charge < -0.3 is 10.2 Å². The van der Waals surface area contributed by atoms with E-state index in [9.17, 15) is 9.18 Å². The number of hydrogen-bond acceptors (Lipinski definition) is 2. The van der Waals surface area contributed by atoms with E-state index in [4.69, 9.17) is 0 Å². The molecule has 20 heavy (non-hydrogen) atoms. The highest BCUT2D eigenvalue weighted by atomic mass is 19.1. The molecule has 1 unspecified atom stereocenters. The Morgan fingerprint density at radius 1 is 1.40 bits per heavy atom. The monoisotopic (exact) mass is 276 g/mol. The molecule has 1 heterocycles. The average Bonchev–Trinajstić information content (AvgIpc) is 3.19. The first-order chi connectivity index (χ1) is 9.58. The number of rotatable bonds is 3. The first kappa shape index (κ1) is 13.4. The van der Waals surface area contributed by atoms with Crippen LogP contribution < -0.4 is 10.2 Å². The van der Waals surface area contributed by atoms with Crippen LogP contribution in [-0.4, -0.2) is 25.0 Å². The molecule has 4 heteroatoms. The molecular formula is C16H21FN2O. The van der Waals surface area contributed by atoms with Crippen LogP contribution in [0.25, 0.3) is 0 Å². The predicted molar refractivity (Wildman–Crippen MR) is 77.1 cm³/mol. The van der Waals surface area contributed by atoms with Crippen LogP contribution in [0.3, 0.4) is 0 Å². The summed E-state index contributed by atoms with van der Waals surface area (Å²) in [4.78, 5) is 14.1. The van der Waals surface area contributed by atoms with E-state index in [1.54, 1.807) is 6.07 Å². The van der Waals surface area contributed by atoms with Gasteiger partial charge in [-0.2, -0.15) is 0 Å². The minimum absolute atomic E-state index is 0.133. The van der Waals surface area contributed by atoms with Crippen molar-refractivity contribution in [3.05, 3.63) is 30.1 Å². The summed E-state index contributed by atoms with van der Waals surface area (Å²) < 4.78 is 13.8. The molecule has 0 aromatic heterocycles. The summed E-state index contributed by atoms with van der Waals surface area (Å²) in [5.41, 5.74) is 0.504. The van der Waals surface area contributed by atoms with Crippen molar-refractivity contribution in [2.75, 3.05) is 18.0 Å². The van der Waals surface area contributed by atoms with Gasteiger partial charge in [0, 0.05) is 24.5 Å². The summed E-state index contributed by atoms with van der Waals surface area (Å²) in [6.07, 6.45) is 3.94. The number of amides is 1. The number of benzene rings is 1. The Hall–Kier alpha value is -1.58. The number of piperidine rings is 1. The summed E-state index contributed by atoms with van der Waals surface area (Å²) >= 11 is 0. The van der Waals surface area contributed by atoms with Gasteiger partial charge >= 0.3 is 0 Å². The van der Waals surface area contributed by atoms with Crippen LogP contribution in [0.2, 0.25) is 0 Å². The molecule has 2 fully saturated rings. The SMILES string of the molecule is CC1(C(=O)NC2CCCN(c3ccccc3F)C2)CC1. The minimum atomic E-state index is -0.186. The molecule has 3 nitrogen and oxygen atoms in total. The smallest absolute Gasteiger partial charge is 0.226 e. The molecule has 1 aliphatic carbocycles. The van der Waals surface area contributed by atoms with Gasteiger partial charge in [0.05, 0.1) is 5.69 Å². The molecule has 1 aromatic carbocycles. The second kappa shape index (κ2) is 5.08. The topological polar surface area (TPSA) is 32.3 Å². The van der Waals surface area contributed by atoms with Crippen molar-refractivity contribution < 1.29 is 9.18 Å². The first-order valence-electron chi connectivity index (χ1n) is 7.39. The highest BCUT2D eigenvalue weighted by Gasteiger charge is 2.45. The van der Waals surface area contributed by atoms with E-state index >= 15 is 0 Å². The lowest BCUT2D eigenvalue weighted by Gasteiger charge is -2.35. The average molecular weight is 276 g/mol. The van der Waals surface area contributed by atoms with Gasteiger partial charge in [-0.1, -0.05) is 19.1 Å². The molecule has 2 aliphatic rings. The molecule has 0 spiro atoms. The zero-order chi connectivity index (χ0) is 14.2. The number of anilines is 1. The third-order valence-corrected chi connectivity index (χ3v) is 4.50. The van der Waals surface area contributed by atoms with Gasteiger partial charge in [-0.3, -0.25) is 4.79 Å². The minimum Gasteiger partial charge on any atom is -0.367 e. The fourth-order valence-electron chi connectivity index (χ4n) is 2.80. The molecule has 1 saturated carbocycles. The van der Waals surface area contributed by atoms with Gasteiger partial charge in [0.15, 0.2) is 0 Å². The summed E-state index contributed by atoms with van der Waals surface area (Å²) in [6, 6.07) is 6.99. The van der Waals surface area contributed by atoms with Crippen molar-refractivity contribution in [3.8, 4) is 0 Å². The lowest BCUT2D eigenvalue weighted by Crippen LogP contribution is -2.49. The van der Waals surface area contributed by atoms with Crippen LogP contribution >= 0.6 is 0 Å². The van der Waals surface area contributed by atoms with Gasteiger partial charge in [0.1, 0.15) is 5.82 Å². The lowest BCUT2D eigenvalue weighted by atomic mass is 10.0. The maximum atomic E-state index is 13.8. The van der Waals surface area contributed by atoms with Crippen molar-refractivity contribution in [1.82, 2.24) is 5.32 Å². The molecule has 0 radical (unpaired) electrons. The van der Waals surface area contributed by atoms with Gasteiger partial charge in [-0.05, 0) is 37.8 Å². The third kappa shape index (κ3) is 2.65. The zero-order valence-corrected chi connectivity index (χ0v) is 11.9. The van der Waals surface area contributed by atoms with Crippen LogP contribution in [0.15, 0.2) is 24.3 Å². The molecule has 1 N–H and O–H groups in total. The molecule has 1 saturated heterocycles. The number of halogens is 1. The van der Waals surface area contributed by atoms with Crippen LogP contribution in [-0.2, 0) is 4.79 Å².